The standard InChI is InChI=1S/C27H19Cl2N3O2/c28-21-10-5-11-22(29)25(21)26-31-23-13-12-20(15-24(23)32-26)34-27(33)30-16-17-6-4-9-19(14-17)18-7-2-1-3-8-18/h1-15H,16H2,(H,30,33)(H,31,32). The highest BCUT2D eigenvalue weighted by atomic mass is 35.5. The fourth-order valence-electron chi connectivity index (χ4n) is 3.70. The van der Waals surface area contributed by atoms with Crippen molar-refractivity contribution in [2.45, 2.75) is 6.54 Å². The number of aromatic amines is 1. The highest BCUT2D eigenvalue weighted by Gasteiger charge is 2.14. The molecule has 1 amide bonds. The zero-order valence-corrected chi connectivity index (χ0v) is 19.4. The number of nitrogens with one attached hydrogen (secondary N) is 2. The molecule has 4 aromatic carbocycles. The summed E-state index contributed by atoms with van der Waals surface area (Å²) in [6.07, 6.45) is -0.543. The number of amides is 1. The van der Waals surface area contributed by atoms with Crippen molar-refractivity contribution >= 4 is 40.3 Å². The molecule has 7 heteroatoms. The van der Waals surface area contributed by atoms with Crippen molar-refractivity contribution in [1.29, 1.82) is 0 Å². The molecule has 1 heterocycles. The highest BCUT2D eigenvalue weighted by molar-refractivity contribution is 6.39. The number of nitrogens with zero attached hydrogens (tertiary/aromatic N) is 1. The van der Waals surface area contributed by atoms with Gasteiger partial charge in [0.15, 0.2) is 0 Å². The molecule has 34 heavy (non-hydrogen) atoms. The predicted molar refractivity (Wildman–Crippen MR) is 136 cm³/mol. The fourth-order valence-corrected chi connectivity index (χ4v) is 4.28. The molecule has 0 atom stereocenters. The third-order valence-electron chi connectivity index (χ3n) is 5.33. The summed E-state index contributed by atoms with van der Waals surface area (Å²) in [4.78, 5) is 20.1. The highest BCUT2D eigenvalue weighted by Crippen LogP contribution is 2.34. The van der Waals surface area contributed by atoms with Crippen molar-refractivity contribution in [3.63, 3.8) is 0 Å². The van der Waals surface area contributed by atoms with Crippen molar-refractivity contribution in [3.8, 4) is 28.3 Å². The van der Waals surface area contributed by atoms with Crippen LogP contribution in [0.15, 0.2) is 91.0 Å². The maximum absolute atomic E-state index is 12.4. The minimum absolute atomic E-state index is 0.348. The molecule has 2 N–H and O–H groups in total. The number of imidazole rings is 1. The Balaban J connectivity index is 1.27. The van der Waals surface area contributed by atoms with Crippen LogP contribution in [-0.4, -0.2) is 16.1 Å². The van der Waals surface area contributed by atoms with E-state index in [-0.39, 0.29) is 0 Å². The van der Waals surface area contributed by atoms with Gasteiger partial charge in [-0.15, -0.1) is 0 Å². The van der Waals surface area contributed by atoms with Crippen LogP contribution >= 0.6 is 23.2 Å². The Morgan fingerprint density at radius 1 is 0.853 bits per heavy atom. The first kappa shape index (κ1) is 22.0. The first-order chi connectivity index (χ1) is 16.6. The number of rotatable bonds is 5. The minimum Gasteiger partial charge on any atom is -0.410 e. The number of aromatic nitrogens is 2. The van der Waals surface area contributed by atoms with Crippen LogP contribution in [0.3, 0.4) is 0 Å². The van der Waals surface area contributed by atoms with Crippen molar-refractivity contribution < 1.29 is 9.53 Å². The van der Waals surface area contributed by atoms with Crippen LogP contribution in [-0.2, 0) is 6.54 Å². The van der Waals surface area contributed by atoms with Gasteiger partial charge in [-0.25, -0.2) is 9.78 Å². The van der Waals surface area contributed by atoms with Crippen molar-refractivity contribution in [1.82, 2.24) is 15.3 Å². The van der Waals surface area contributed by atoms with Gasteiger partial charge in [0.25, 0.3) is 0 Å². The van der Waals surface area contributed by atoms with Crippen LogP contribution in [0.5, 0.6) is 5.75 Å². The Morgan fingerprint density at radius 2 is 1.59 bits per heavy atom. The molecule has 0 radical (unpaired) electrons. The quantitative estimate of drug-likeness (QED) is 0.269. The Labute approximate surface area is 206 Å². The molecule has 5 nitrogen and oxygen atoms in total. The summed E-state index contributed by atoms with van der Waals surface area (Å²) in [6, 6.07) is 28.6. The second-order valence-corrected chi connectivity index (χ2v) is 8.48. The number of ether oxygens (including phenoxy) is 1. The SMILES string of the molecule is O=C(NCc1cccc(-c2ccccc2)c1)Oc1ccc2nc(-c3c(Cl)cccc3Cl)[nH]c2c1. The normalized spacial score (nSPS) is 10.9. The Hall–Kier alpha value is -3.80. The lowest BCUT2D eigenvalue weighted by molar-refractivity contribution is 0.200. The molecule has 168 valence electrons. The molecule has 0 aliphatic heterocycles. The van der Waals surface area contributed by atoms with E-state index in [1.54, 1.807) is 36.4 Å². The molecular weight excluding hydrogens is 469 g/mol. The molecule has 0 saturated heterocycles. The van der Waals surface area contributed by atoms with Crippen molar-refractivity contribution in [2.24, 2.45) is 0 Å². The number of benzene rings is 4. The van der Waals surface area contributed by atoms with E-state index in [4.69, 9.17) is 27.9 Å². The number of carbonyl (C=O) groups excluding carboxylic acids is 1. The monoisotopic (exact) mass is 487 g/mol. The second-order valence-electron chi connectivity index (χ2n) is 7.67. The number of carbonyl (C=O) groups is 1. The van der Waals surface area contributed by atoms with E-state index in [1.807, 2.05) is 42.5 Å². The van der Waals surface area contributed by atoms with Gasteiger partial charge in [0.1, 0.15) is 11.6 Å². The van der Waals surface area contributed by atoms with Crippen LogP contribution in [0.25, 0.3) is 33.5 Å². The van der Waals surface area contributed by atoms with Gasteiger partial charge in [-0.3, -0.25) is 0 Å². The summed E-state index contributed by atoms with van der Waals surface area (Å²) < 4.78 is 5.47. The number of hydrogen-bond acceptors (Lipinski definition) is 3. The maximum atomic E-state index is 12.4. The van der Waals surface area contributed by atoms with E-state index in [0.717, 1.165) is 16.7 Å². The summed E-state index contributed by atoms with van der Waals surface area (Å²) >= 11 is 12.6. The molecule has 0 fully saturated rings. The number of H-pyrrole nitrogens is 1. The summed E-state index contributed by atoms with van der Waals surface area (Å²) in [6.45, 7) is 0.348. The average molecular weight is 488 g/mol. The number of hydrogen-bond donors (Lipinski definition) is 2. The molecule has 1 aromatic heterocycles. The fraction of sp³-hybridized carbons (Fsp3) is 0.0370. The molecular formula is C27H19Cl2N3O2. The van der Waals surface area contributed by atoms with Gasteiger partial charge in [-0.2, -0.15) is 0 Å². The zero-order chi connectivity index (χ0) is 23.5. The van der Waals surface area contributed by atoms with Crippen molar-refractivity contribution in [2.75, 3.05) is 0 Å². The summed E-state index contributed by atoms with van der Waals surface area (Å²) in [5, 5.41) is 3.80. The third kappa shape index (κ3) is 4.76. The van der Waals surface area contributed by atoms with E-state index < -0.39 is 6.09 Å². The Morgan fingerprint density at radius 3 is 2.38 bits per heavy atom. The van der Waals surface area contributed by atoms with Gasteiger partial charge < -0.3 is 15.0 Å². The second kappa shape index (κ2) is 9.59. The third-order valence-corrected chi connectivity index (χ3v) is 5.96. The maximum Gasteiger partial charge on any atom is 0.412 e. The van der Waals surface area contributed by atoms with Crippen LogP contribution in [0.4, 0.5) is 4.79 Å². The van der Waals surface area contributed by atoms with E-state index in [9.17, 15) is 4.79 Å². The predicted octanol–water partition coefficient (Wildman–Crippen LogP) is 7.49. The molecule has 0 aliphatic rings. The first-order valence-electron chi connectivity index (χ1n) is 10.6. The lowest BCUT2D eigenvalue weighted by Crippen LogP contribution is -2.26. The Kier molecular flexibility index (Phi) is 6.21. The largest absolute Gasteiger partial charge is 0.412 e. The van der Waals surface area contributed by atoms with Crippen LogP contribution in [0, 0.1) is 0 Å². The molecule has 5 rings (SSSR count). The summed E-state index contributed by atoms with van der Waals surface area (Å²) in [5.41, 5.74) is 5.22. The van der Waals surface area contributed by atoms with Gasteiger partial charge in [-0.1, -0.05) is 77.8 Å². The number of fused-ring (bicyclic) bond motifs is 1. The summed E-state index contributed by atoms with van der Waals surface area (Å²) in [5.74, 6) is 0.939. The lowest BCUT2D eigenvalue weighted by atomic mass is 10.0. The van der Waals surface area contributed by atoms with Gasteiger partial charge >= 0.3 is 6.09 Å². The van der Waals surface area contributed by atoms with Crippen LogP contribution in [0.2, 0.25) is 10.0 Å². The van der Waals surface area contributed by atoms with Gasteiger partial charge in [0.05, 0.1) is 26.6 Å². The minimum atomic E-state index is -0.543. The lowest BCUT2D eigenvalue weighted by Gasteiger charge is -2.08. The van der Waals surface area contributed by atoms with E-state index in [1.165, 1.54) is 0 Å². The van der Waals surface area contributed by atoms with E-state index >= 15 is 0 Å². The van der Waals surface area contributed by atoms with Crippen LogP contribution in [0.1, 0.15) is 5.56 Å². The molecule has 0 aliphatic carbocycles. The molecule has 0 bridgehead atoms. The van der Waals surface area contributed by atoms with Gasteiger partial charge in [-0.05, 0) is 47.0 Å². The zero-order valence-electron chi connectivity index (χ0n) is 17.9. The number of halogens is 2. The van der Waals surface area contributed by atoms with E-state index in [0.29, 0.717) is 44.8 Å². The van der Waals surface area contributed by atoms with Crippen molar-refractivity contribution in [3.05, 3.63) is 107 Å². The van der Waals surface area contributed by atoms with Gasteiger partial charge in [0.2, 0.25) is 0 Å². The average Bonchev–Trinajstić information content (AvgIpc) is 3.26. The molecule has 0 unspecified atom stereocenters. The first-order valence-corrected chi connectivity index (χ1v) is 11.4. The van der Waals surface area contributed by atoms with Crippen LogP contribution < -0.4 is 10.1 Å². The Bertz CT molecular complexity index is 1460. The molecule has 0 spiro atoms. The van der Waals surface area contributed by atoms with E-state index in [2.05, 4.69) is 27.4 Å². The molecule has 5 aromatic rings. The topological polar surface area (TPSA) is 67.0 Å². The smallest absolute Gasteiger partial charge is 0.410 e. The molecule has 0 saturated carbocycles. The summed E-state index contributed by atoms with van der Waals surface area (Å²) in [7, 11) is 0. The van der Waals surface area contributed by atoms with Gasteiger partial charge in [0, 0.05) is 12.6 Å².